The summed E-state index contributed by atoms with van der Waals surface area (Å²) >= 11 is 0. The topological polar surface area (TPSA) is 84.2 Å². The summed E-state index contributed by atoms with van der Waals surface area (Å²) in [5, 5.41) is 8.39. The van der Waals surface area contributed by atoms with Crippen LogP contribution in [0.3, 0.4) is 0 Å². The molecule has 0 N–H and O–H groups in total. The number of anilines is 1. The van der Waals surface area contributed by atoms with Gasteiger partial charge in [-0.2, -0.15) is 17.5 Å². The van der Waals surface area contributed by atoms with Crippen LogP contribution >= 0.6 is 0 Å². The molecule has 31 heavy (non-hydrogen) atoms. The number of hydrogen-bond donors (Lipinski definition) is 0. The Balaban J connectivity index is 1.48. The molecule has 3 aromatic rings. The minimum absolute atomic E-state index is 0.0403. The van der Waals surface area contributed by atoms with Crippen LogP contribution in [0.5, 0.6) is 0 Å². The molecule has 2 aromatic heterocycles. The molecule has 0 bridgehead atoms. The average molecular weight is 452 g/mol. The zero-order valence-corrected chi connectivity index (χ0v) is 17.3. The van der Waals surface area contributed by atoms with Crippen LogP contribution in [0.4, 0.5) is 19.0 Å². The van der Waals surface area contributed by atoms with E-state index in [-0.39, 0.29) is 26.2 Å². The highest BCUT2D eigenvalue weighted by Gasteiger charge is 2.39. The minimum atomic E-state index is -4.75. The molecule has 8 nitrogen and oxygen atoms in total. The van der Waals surface area contributed by atoms with Gasteiger partial charge in [-0.05, 0) is 31.2 Å². The quantitative estimate of drug-likeness (QED) is 0.605. The Kier molecular flexibility index (Phi) is 5.43. The van der Waals surface area contributed by atoms with E-state index in [2.05, 4.69) is 15.2 Å². The van der Waals surface area contributed by atoms with Gasteiger partial charge < -0.3 is 4.90 Å². The zero-order valence-electron chi connectivity index (χ0n) is 16.5. The number of benzene rings is 1. The van der Waals surface area contributed by atoms with E-state index in [1.807, 2.05) is 11.8 Å². The lowest BCUT2D eigenvalue weighted by Crippen LogP contribution is -2.49. The van der Waals surface area contributed by atoms with Crippen LogP contribution in [-0.2, 0) is 16.2 Å². The molecule has 4 rings (SSSR count). The molecule has 0 amide bonds. The summed E-state index contributed by atoms with van der Waals surface area (Å²) in [6, 6.07) is 7.78. The lowest BCUT2D eigenvalue weighted by Gasteiger charge is -2.34. The van der Waals surface area contributed by atoms with Gasteiger partial charge in [0.05, 0.1) is 10.5 Å². The number of rotatable bonds is 4. The highest BCUT2D eigenvalue weighted by atomic mass is 32.2. The van der Waals surface area contributed by atoms with Crippen LogP contribution in [0.2, 0.25) is 0 Å². The van der Waals surface area contributed by atoms with E-state index in [9.17, 15) is 21.6 Å². The third kappa shape index (κ3) is 4.12. The minimum Gasteiger partial charge on any atom is -0.352 e. The molecular formula is C19H19F3N6O2S. The molecule has 1 fully saturated rings. The fourth-order valence-electron chi connectivity index (χ4n) is 3.46. The van der Waals surface area contributed by atoms with Crippen molar-refractivity contribution in [1.29, 1.82) is 0 Å². The number of halogens is 3. The Morgan fingerprint density at radius 3 is 2.16 bits per heavy atom. The largest absolute Gasteiger partial charge is 0.417 e. The van der Waals surface area contributed by atoms with Gasteiger partial charge in [-0.25, -0.2) is 13.4 Å². The van der Waals surface area contributed by atoms with E-state index in [4.69, 9.17) is 0 Å². The van der Waals surface area contributed by atoms with Gasteiger partial charge >= 0.3 is 6.18 Å². The maximum atomic E-state index is 13.3. The van der Waals surface area contributed by atoms with Crippen molar-refractivity contribution in [3.8, 4) is 5.82 Å². The number of alkyl halides is 3. The molecule has 0 aliphatic carbocycles. The van der Waals surface area contributed by atoms with Crippen LogP contribution in [0, 0.1) is 6.92 Å². The van der Waals surface area contributed by atoms with Crippen LogP contribution in [0.1, 0.15) is 11.4 Å². The van der Waals surface area contributed by atoms with E-state index in [1.54, 1.807) is 29.1 Å². The lowest BCUT2D eigenvalue weighted by atomic mass is 10.2. The summed E-state index contributed by atoms with van der Waals surface area (Å²) < 4.78 is 68.4. The van der Waals surface area contributed by atoms with Gasteiger partial charge in [-0.1, -0.05) is 12.1 Å². The first-order valence-corrected chi connectivity index (χ1v) is 10.9. The van der Waals surface area contributed by atoms with Gasteiger partial charge in [0.15, 0.2) is 11.6 Å². The summed E-state index contributed by atoms with van der Waals surface area (Å²) in [5.41, 5.74) is -1.16. The molecule has 0 unspecified atom stereocenters. The van der Waals surface area contributed by atoms with Crippen molar-refractivity contribution in [2.45, 2.75) is 18.0 Å². The van der Waals surface area contributed by atoms with Crippen molar-refractivity contribution in [2.24, 2.45) is 0 Å². The number of nitrogens with zero attached hydrogens (tertiary/aromatic N) is 6. The normalized spacial score (nSPS) is 15.9. The van der Waals surface area contributed by atoms with Crippen LogP contribution in [0.25, 0.3) is 5.82 Å². The Labute approximate surface area is 177 Å². The molecule has 12 heteroatoms. The Bertz CT molecular complexity index is 1170. The second-order valence-corrected chi connectivity index (χ2v) is 8.89. The first-order chi connectivity index (χ1) is 14.7. The number of piperazine rings is 1. The predicted octanol–water partition coefficient (Wildman–Crippen LogP) is 2.50. The third-order valence-corrected chi connectivity index (χ3v) is 7.04. The molecule has 1 saturated heterocycles. The number of sulfonamides is 1. The monoisotopic (exact) mass is 452 g/mol. The Morgan fingerprint density at radius 2 is 1.58 bits per heavy atom. The van der Waals surface area contributed by atoms with Crippen LogP contribution in [-0.4, -0.2) is 58.7 Å². The van der Waals surface area contributed by atoms with E-state index in [0.29, 0.717) is 11.6 Å². The number of aryl methyl sites for hydroxylation is 1. The molecule has 1 aliphatic heterocycles. The van der Waals surface area contributed by atoms with Crippen LogP contribution < -0.4 is 4.90 Å². The fourth-order valence-corrected chi connectivity index (χ4v) is 5.09. The van der Waals surface area contributed by atoms with Crippen molar-refractivity contribution < 1.29 is 21.6 Å². The predicted molar refractivity (Wildman–Crippen MR) is 106 cm³/mol. The maximum Gasteiger partial charge on any atom is 0.417 e. The van der Waals surface area contributed by atoms with Gasteiger partial charge in [0.1, 0.15) is 5.82 Å². The standard InChI is InChI=1S/C19H19F3N6O2S/c1-14-23-8-9-28(14)18-7-6-17(24-25-18)26-10-12-27(13-11-26)31(29,30)16-5-3-2-4-15(16)19(20,21)22/h2-9H,10-13H2,1H3. The third-order valence-electron chi connectivity index (χ3n) is 5.08. The van der Waals surface area contributed by atoms with Crippen molar-refractivity contribution in [2.75, 3.05) is 31.1 Å². The van der Waals surface area contributed by atoms with Gasteiger partial charge in [0, 0.05) is 38.6 Å². The Morgan fingerprint density at radius 1 is 0.935 bits per heavy atom. The highest BCUT2D eigenvalue weighted by Crippen LogP contribution is 2.35. The Hall–Kier alpha value is -2.99. The molecule has 0 radical (unpaired) electrons. The molecule has 164 valence electrons. The summed E-state index contributed by atoms with van der Waals surface area (Å²) in [4.78, 5) is 5.26. The van der Waals surface area contributed by atoms with E-state index in [0.717, 1.165) is 22.3 Å². The highest BCUT2D eigenvalue weighted by molar-refractivity contribution is 7.89. The van der Waals surface area contributed by atoms with Gasteiger partial charge in [0.25, 0.3) is 0 Å². The van der Waals surface area contributed by atoms with Gasteiger partial charge in [-0.15, -0.1) is 10.2 Å². The molecule has 1 aliphatic rings. The second kappa shape index (κ2) is 7.93. The smallest absolute Gasteiger partial charge is 0.352 e. The number of imidazole rings is 1. The van der Waals surface area contributed by atoms with Crippen molar-refractivity contribution in [3.05, 3.63) is 60.2 Å². The van der Waals surface area contributed by atoms with E-state index in [1.165, 1.54) is 12.1 Å². The second-order valence-electron chi connectivity index (χ2n) is 6.98. The molecule has 3 heterocycles. The maximum absolute atomic E-state index is 13.3. The molecule has 0 atom stereocenters. The average Bonchev–Trinajstić information content (AvgIpc) is 3.19. The van der Waals surface area contributed by atoms with Gasteiger partial charge in [0.2, 0.25) is 10.0 Å². The summed E-state index contributed by atoms with van der Waals surface area (Å²) in [5.74, 6) is 1.93. The molecular weight excluding hydrogens is 433 g/mol. The van der Waals surface area contributed by atoms with Crippen LogP contribution in [0.15, 0.2) is 53.7 Å². The van der Waals surface area contributed by atoms with Crippen molar-refractivity contribution in [3.63, 3.8) is 0 Å². The molecule has 0 spiro atoms. The van der Waals surface area contributed by atoms with Crippen molar-refractivity contribution >= 4 is 15.8 Å². The summed E-state index contributed by atoms with van der Waals surface area (Å²) in [7, 11) is -4.28. The summed E-state index contributed by atoms with van der Waals surface area (Å²) in [6.07, 6.45) is -1.33. The molecule has 1 aromatic carbocycles. The van der Waals surface area contributed by atoms with Gasteiger partial charge in [-0.3, -0.25) is 4.57 Å². The number of aromatic nitrogens is 4. The van der Waals surface area contributed by atoms with Crippen molar-refractivity contribution in [1.82, 2.24) is 24.1 Å². The summed E-state index contributed by atoms with van der Waals surface area (Å²) in [6.45, 7) is 2.49. The fraction of sp³-hybridized carbons (Fsp3) is 0.316. The molecule has 0 saturated carbocycles. The first-order valence-electron chi connectivity index (χ1n) is 9.43. The van der Waals surface area contributed by atoms with E-state index < -0.39 is 26.7 Å². The lowest BCUT2D eigenvalue weighted by molar-refractivity contribution is -0.139. The van der Waals surface area contributed by atoms with E-state index >= 15 is 0 Å². The SMILES string of the molecule is Cc1nccn1-c1ccc(N2CCN(S(=O)(=O)c3ccccc3C(F)(F)F)CC2)nn1. The zero-order chi connectivity index (χ0) is 22.2. The first kappa shape index (κ1) is 21.2. The number of hydrogen-bond acceptors (Lipinski definition) is 6.